The van der Waals surface area contributed by atoms with Crippen molar-refractivity contribution >= 4 is 41.3 Å². The Morgan fingerprint density at radius 1 is 1.27 bits per heavy atom. The second-order valence-electron chi connectivity index (χ2n) is 6.46. The number of rotatable bonds is 7. The smallest absolute Gasteiger partial charge is 0.191 e. The van der Waals surface area contributed by atoms with Crippen LogP contribution in [0.1, 0.15) is 35.2 Å². The van der Waals surface area contributed by atoms with Crippen LogP contribution >= 0.6 is 35.3 Å². The molecule has 1 aliphatic carbocycles. The lowest BCUT2D eigenvalue weighted by Crippen LogP contribution is -2.41. The summed E-state index contributed by atoms with van der Waals surface area (Å²) in [5, 5.41) is 7.92. The van der Waals surface area contributed by atoms with Crippen molar-refractivity contribution in [2.75, 3.05) is 20.1 Å². The minimum absolute atomic E-state index is 0. The average molecular weight is 488 g/mol. The number of benzene rings is 1. The molecule has 1 heterocycles. The Morgan fingerprint density at radius 2 is 2.00 bits per heavy atom. The van der Waals surface area contributed by atoms with Gasteiger partial charge in [-0.25, -0.2) is 9.37 Å². The molecule has 0 amide bonds. The highest BCUT2D eigenvalue weighted by Crippen LogP contribution is 2.47. The Balaban J connectivity index is 0.00000243. The van der Waals surface area contributed by atoms with Gasteiger partial charge in [0, 0.05) is 43.0 Å². The molecule has 0 spiro atoms. The molecule has 1 fully saturated rings. The van der Waals surface area contributed by atoms with Gasteiger partial charge < -0.3 is 10.6 Å². The lowest BCUT2D eigenvalue weighted by atomic mass is 9.96. The second-order valence-corrected chi connectivity index (χ2v) is 7.66. The van der Waals surface area contributed by atoms with Crippen LogP contribution in [0.15, 0.2) is 35.5 Å². The van der Waals surface area contributed by atoms with E-state index in [0.29, 0.717) is 0 Å². The molecule has 1 saturated carbocycles. The number of nitrogens with one attached hydrogen (secondary N) is 2. The molecule has 1 aromatic carbocycles. The maximum absolute atomic E-state index is 13.1. The van der Waals surface area contributed by atoms with Crippen molar-refractivity contribution in [3.05, 3.63) is 51.7 Å². The number of halogens is 2. The van der Waals surface area contributed by atoms with Gasteiger partial charge in [0.05, 0.1) is 5.01 Å². The average Bonchev–Trinajstić information content (AvgIpc) is 3.28. The molecular formula is C19H26FIN4S. The van der Waals surface area contributed by atoms with Crippen LogP contribution in [0.5, 0.6) is 0 Å². The number of thiazole rings is 1. The van der Waals surface area contributed by atoms with Crippen LogP contribution in [0.25, 0.3) is 0 Å². The van der Waals surface area contributed by atoms with E-state index in [1.807, 2.05) is 18.3 Å². The quantitative estimate of drug-likeness (QED) is 0.353. The molecule has 142 valence electrons. The van der Waals surface area contributed by atoms with Gasteiger partial charge in [-0.05, 0) is 37.0 Å². The number of aryl methyl sites for hydroxylation is 1. The summed E-state index contributed by atoms with van der Waals surface area (Å²) in [7, 11) is 1.78. The summed E-state index contributed by atoms with van der Waals surface area (Å²) in [5.41, 5.74) is 1.32. The maximum atomic E-state index is 13.1. The first-order chi connectivity index (χ1) is 12.1. The summed E-state index contributed by atoms with van der Waals surface area (Å²) in [4.78, 5) is 10.1. The second kappa shape index (κ2) is 9.64. The van der Waals surface area contributed by atoms with Gasteiger partial charge in [-0.3, -0.25) is 4.99 Å². The summed E-state index contributed by atoms with van der Waals surface area (Å²) in [6.07, 6.45) is 6.16. The molecule has 1 aliphatic rings. The zero-order valence-electron chi connectivity index (χ0n) is 15.2. The van der Waals surface area contributed by atoms with E-state index in [1.54, 1.807) is 30.5 Å². The van der Waals surface area contributed by atoms with E-state index in [0.717, 1.165) is 49.7 Å². The minimum atomic E-state index is -0.182. The third kappa shape index (κ3) is 5.39. The fraction of sp³-hybridized carbons (Fsp3) is 0.474. The lowest BCUT2D eigenvalue weighted by molar-refractivity contribution is 0.617. The fourth-order valence-electron chi connectivity index (χ4n) is 2.91. The van der Waals surface area contributed by atoms with Gasteiger partial charge in [-0.2, -0.15) is 0 Å². The van der Waals surface area contributed by atoms with Gasteiger partial charge in [-0.1, -0.05) is 19.1 Å². The molecule has 0 saturated heterocycles. The largest absolute Gasteiger partial charge is 0.356 e. The molecule has 7 heteroatoms. The van der Waals surface area contributed by atoms with Crippen molar-refractivity contribution < 1.29 is 4.39 Å². The number of hydrogen-bond donors (Lipinski definition) is 2. The first-order valence-electron chi connectivity index (χ1n) is 8.79. The molecule has 0 unspecified atom stereocenters. The van der Waals surface area contributed by atoms with Crippen molar-refractivity contribution in [3.63, 3.8) is 0 Å². The summed E-state index contributed by atoms with van der Waals surface area (Å²) in [6, 6.07) is 6.88. The minimum Gasteiger partial charge on any atom is -0.356 e. The first kappa shape index (κ1) is 21.1. The highest BCUT2D eigenvalue weighted by molar-refractivity contribution is 14.0. The first-order valence-corrected chi connectivity index (χ1v) is 9.61. The Bertz CT molecular complexity index is 725. The zero-order valence-corrected chi connectivity index (χ0v) is 18.4. The van der Waals surface area contributed by atoms with Crippen molar-refractivity contribution in [1.29, 1.82) is 0 Å². The maximum Gasteiger partial charge on any atom is 0.191 e. The number of guanidine groups is 1. The van der Waals surface area contributed by atoms with Gasteiger partial charge in [0.25, 0.3) is 0 Å². The number of aliphatic imine (C=N–C) groups is 1. The van der Waals surface area contributed by atoms with Crippen LogP contribution in [-0.4, -0.2) is 31.1 Å². The van der Waals surface area contributed by atoms with Crippen molar-refractivity contribution in [3.8, 4) is 0 Å². The van der Waals surface area contributed by atoms with E-state index in [1.165, 1.54) is 10.4 Å². The summed E-state index contributed by atoms with van der Waals surface area (Å²) < 4.78 is 13.1. The summed E-state index contributed by atoms with van der Waals surface area (Å²) in [6.45, 7) is 3.77. The third-order valence-corrected chi connectivity index (χ3v) is 5.91. The Hall–Kier alpha value is -1.22. The van der Waals surface area contributed by atoms with Crippen molar-refractivity contribution in [2.24, 2.45) is 4.99 Å². The molecular weight excluding hydrogens is 462 g/mol. The van der Waals surface area contributed by atoms with Gasteiger partial charge in [0.1, 0.15) is 5.82 Å². The fourth-order valence-corrected chi connectivity index (χ4v) is 3.77. The predicted octanol–water partition coefficient (Wildman–Crippen LogP) is 3.90. The molecule has 1 aromatic heterocycles. The molecule has 3 rings (SSSR count). The monoisotopic (exact) mass is 488 g/mol. The van der Waals surface area contributed by atoms with Crippen LogP contribution in [-0.2, 0) is 18.3 Å². The lowest BCUT2D eigenvalue weighted by Gasteiger charge is -2.19. The van der Waals surface area contributed by atoms with Crippen LogP contribution in [0.2, 0.25) is 0 Å². The number of aromatic nitrogens is 1. The molecule has 0 radical (unpaired) electrons. The zero-order chi connectivity index (χ0) is 17.7. The third-order valence-electron chi connectivity index (χ3n) is 4.71. The standard InChI is InChI=1S/C19H25FN4S.HI/c1-3-16-12-23-17(25-16)8-11-22-18(21-2)24-13-19(9-10-19)14-4-6-15(20)7-5-14;/h4-7,12H,3,8-11,13H2,1-2H3,(H2,21,22,24);1H. The normalized spacial score (nSPS) is 15.3. The van der Waals surface area contributed by atoms with Crippen LogP contribution in [0.4, 0.5) is 4.39 Å². The van der Waals surface area contributed by atoms with Crippen molar-refractivity contribution in [1.82, 2.24) is 15.6 Å². The van der Waals surface area contributed by atoms with Gasteiger partial charge in [0.15, 0.2) is 5.96 Å². The van der Waals surface area contributed by atoms with E-state index in [2.05, 4.69) is 27.5 Å². The van der Waals surface area contributed by atoms with E-state index in [-0.39, 0.29) is 35.2 Å². The Kier molecular flexibility index (Phi) is 7.82. The molecule has 0 atom stereocenters. The summed E-state index contributed by atoms with van der Waals surface area (Å²) >= 11 is 1.78. The molecule has 2 aromatic rings. The molecule has 4 nitrogen and oxygen atoms in total. The predicted molar refractivity (Wildman–Crippen MR) is 117 cm³/mol. The van der Waals surface area contributed by atoms with Crippen LogP contribution in [0, 0.1) is 5.82 Å². The van der Waals surface area contributed by atoms with Gasteiger partial charge >= 0.3 is 0 Å². The number of nitrogens with zero attached hydrogens (tertiary/aromatic N) is 2. The van der Waals surface area contributed by atoms with Crippen LogP contribution in [0.3, 0.4) is 0 Å². The Labute approximate surface area is 175 Å². The van der Waals surface area contributed by atoms with Gasteiger partial charge in [-0.15, -0.1) is 35.3 Å². The summed E-state index contributed by atoms with van der Waals surface area (Å²) in [5.74, 6) is 0.624. The topological polar surface area (TPSA) is 49.3 Å². The SMILES string of the molecule is CCc1cnc(CCNC(=NC)NCC2(c3ccc(F)cc3)CC2)s1.I. The van der Waals surface area contributed by atoms with Crippen molar-refractivity contribution in [2.45, 2.75) is 38.0 Å². The molecule has 26 heavy (non-hydrogen) atoms. The molecule has 0 aliphatic heterocycles. The Morgan fingerprint density at radius 3 is 2.58 bits per heavy atom. The van der Waals surface area contributed by atoms with E-state index < -0.39 is 0 Å². The highest BCUT2D eigenvalue weighted by atomic mass is 127. The van der Waals surface area contributed by atoms with E-state index >= 15 is 0 Å². The molecule has 0 bridgehead atoms. The highest BCUT2D eigenvalue weighted by Gasteiger charge is 2.44. The van der Waals surface area contributed by atoms with E-state index in [9.17, 15) is 4.39 Å². The van der Waals surface area contributed by atoms with Gasteiger partial charge in [0.2, 0.25) is 0 Å². The van der Waals surface area contributed by atoms with E-state index in [4.69, 9.17) is 0 Å². The number of hydrogen-bond acceptors (Lipinski definition) is 3. The molecule has 2 N–H and O–H groups in total. The van der Waals surface area contributed by atoms with Crippen LogP contribution < -0.4 is 10.6 Å².